The Labute approximate surface area is 50.3 Å². The third-order valence-corrected chi connectivity index (χ3v) is 2.20. The van der Waals surface area contributed by atoms with Gasteiger partial charge in [-0.3, -0.25) is 5.09 Å². The molecule has 0 saturated carbocycles. The third-order valence-electron chi connectivity index (χ3n) is 0.788. The van der Waals surface area contributed by atoms with Gasteiger partial charge >= 0.3 is 0 Å². The van der Waals surface area contributed by atoms with Gasteiger partial charge in [-0.05, 0) is 0 Å². The van der Waals surface area contributed by atoms with Crippen molar-refractivity contribution >= 4 is 8.53 Å². The van der Waals surface area contributed by atoms with Crippen LogP contribution in [0, 0.1) is 0 Å². The first kappa shape index (κ1) is 6.43. The van der Waals surface area contributed by atoms with Crippen LogP contribution in [0.5, 0.6) is 0 Å². The summed E-state index contributed by atoms with van der Waals surface area (Å²) in [5.41, 5.74) is 0. The summed E-state index contributed by atoms with van der Waals surface area (Å²) >= 11 is 0. The van der Waals surface area contributed by atoms with E-state index < -0.39 is 8.53 Å². The molecule has 0 aromatic heterocycles. The van der Waals surface area contributed by atoms with Gasteiger partial charge in [0.1, 0.15) is 0 Å². The molecule has 0 bridgehead atoms. The quantitative estimate of drug-likeness (QED) is 0.570. The molecule has 1 saturated heterocycles. The molecule has 48 valence electrons. The van der Waals surface area contributed by atoms with Gasteiger partial charge in [-0.2, -0.15) is 0 Å². The zero-order valence-corrected chi connectivity index (χ0v) is 5.78. The van der Waals surface area contributed by atoms with E-state index >= 15 is 0 Å². The summed E-state index contributed by atoms with van der Waals surface area (Å²) in [4.78, 5) is 0. The Hall–Kier alpha value is 0.310. The van der Waals surface area contributed by atoms with Crippen molar-refractivity contribution in [2.45, 2.75) is 6.92 Å². The molecule has 1 rings (SSSR count). The number of hydrogen-bond donors (Lipinski definition) is 1. The molecule has 0 radical (unpaired) electrons. The van der Waals surface area contributed by atoms with E-state index in [-0.39, 0.29) is 0 Å². The summed E-state index contributed by atoms with van der Waals surface area (Å²) in [6.45, 7) is 4.45. The first-order valence-electron chi connectivity index (χ1n) is 2.73. The summed E-state index contributed by atoms with van der Waals surface area (Å²) < 4.78 is 10.2. The summed E-state index contributed by atoms with van der Waals surface area (Å²) in [6.07, 6.45) is 0. The van der Waals surface area contributed by atoms with Crippen LogP contribution in [0.1, 0.15) is 6.92 Å². The van der Waals surface area contributed by atoms with Crippen molar-refractivity contribution in [1.29, 1.82) is 0 Å². The molecule has 1 N–H and O–H groups in total. The first-order valence-corrected chi connectivity index (χ1v) is 3.90. The fourth-order valence-corrected chi connectivity index (χ4v) is 1.49. The second kappa shape index (κ2) is 3.36. The zero-order valence-electron chi connectivity index (χ0n) is 4.89. The molecular weight excluding hydrogens is 125 g/mol. The van der Waals surface area contributed by atoms with Crippen molar-refractivity contribution in [2.75, 3.05) is 19.8 Å². The minimum absolute atomic E-state index is 0.695. The van der Waals surface area contributed by atoms with Gasteiger partial charge in [-0.1, -0.05) is 6.92 Å². The number of rotatable bonds is 2. The van der Waals surface area contributed by atoms with Gasteiger partial charge in [0.2, 0.25) is 0 Å². The predicted octanol–water partition coefficient (Wildman–Crippen LogP) is 0.870. The Bertz CT molecular complexity index is 65.1. The normalized spacial score (nSPS) is 22.1. The van der Waals surface area contributed by atoms with E-state index in [0.717, 1.165) is 19.8 Å². The van der Waals surface area contributed by atoms with E-state index in [1.54, 1.807) is 0 Å². The second-order valence-electron chi connectivity index (χ2n) is 1.44. The minimum Gasteiger partial charge on any atom is -0.320 e. The van der Waals surface area contributed by atoms with E-state index in [2.05, 4.69) is 5.09 Å². The fraction of sp³-hybridized carbons (Fsp3) is 1.00. The zero-order chi connectivity index (χ0) is 5.82. The van der Waals surface area contributed by atoms with Gasteiger partial charge in [0, 0.05) is 6.54 Å². The molecule has 0 aromatic carbocycles. The molecule has 1 aliphatic rings. The third kappa shape index (κ3) is 1.67. The topological polar surface area (TPSA) is 30.5 Å². The van der Waals surface area contributed by atoms with Crippen LogP contribution in [0.25, 0.3) is 0 Å². The highest BCUT2D eigenvalue weighted by Crippen LogP contribution is 2.36. The smallest absolute Gasteiger partial charge is 0.255 e. The maximum atomic E-state index is 5.12. The Morgan fingerprint density at radius 3 is 2.62 bits per heavy atom. The highest BCUT2D eigenvalue weighted by molar-refractivity contribution is 7.45. The Morgan fingerprint density at radius 2 is 2.12 bits per heavy atom. The molecule has 0 unspecified atom stereocenters. The molecule has 1 aliphatic heterocycles. The van der Waals surface area contributed by atoms with Crippen LogP contribution in [0.3, 0.4) is 0 Å². The van der Waals surface area contributed by atoms with Crippen molar-refractivity contribution in [3.63, 3.8) is 0 Å². The van der Waals surface area contributed by atoms with Crippen LogP contribution < -0.4 is 5.09 Å². The van der Waals surface area contributed by atoms with Gasteiger partial charge in [-0.15, -0.1) is 0 Å². The summed E-state index contributed by atoms with van der Waals surface area (Å²) in [5.74, 6) is 0. The molecule has 0 aliphatic carbocycles. The van der Waals surface area contributed by atoms with E-state index in [1.165, 1.54) is 0 Å². The van der Waals surface area contributed by atoms with Crippen molar-refractivity contribution in [2.24, 2.45) is 0 Å². The van der Waals surface area contributed by atoms with Crippen LogP contribution in [0.2, 0.25) is 0 Å². The van der Waals surface area contributed by atoms with Crippen LogP contribution in [0.4, 0.5) is 0 Å². The van der Waals surface area contributed by atoms with E-state index in [4.69, 9.17) is 9.05 Å². The van der Waals surface area contributed by atoms with Crippen LogP contribution >= 0.6 is 8.53 Å². The molecule has 0 amide bonds. The molecule has 1 heterocycles. The maximum Gasteiger partial charge on any atom is 0.255 e. The van der Waals surface area contributed by atoms with Crippen molar-refractivity contribution in [1.82, 2.24) is 5.09 Å². The average molecular weight is 135 g/mol. The summed E-state index contributed by atoms with van der Waals surface area (Å²) in [7, 11) is -0.695. The largest absolute Gasteiger partial charge is 0.320 e. The van der Waals surface area contributed by atoms with Gasteiger partial charge in [0.15, 0.2) is 0 Å². The monoisotopic (exact) mass is 135 g/mol. The average Bonchev–Trinajstić information content (AvgIpc) is 2.19. The van der Waals surface area contributed by atoms with Gasteiger partial charge in [0.25, 0.3) is 8.53 Å². The molecule has 0 atom stereocenters. The Kier molecular flexibility index (Phi) is 2.70. The van der Waals surface area contributed by atoms with Crippen LogP contribution in [0.15, 0.2) is 0 Å². The first-order chi connectivity index (χ1) is 3.93. The lowest BCUT2D eigenvalue weighted by atomic mass is 10.8. The number of hydrogen-bond acceptors (Lipinski definition) is 3. The van der Waals surface area contributed by atoms with E-state index in [9.17, 15) is 0 Å². The summed E-state index contributed by atoms with van der Waals surface area (Å²) in [5, 5.41) is 3.06. The lowest BCUT2D eigenvalue weighted by molar-refractivity contribution is 0.365. The standard InChI is InChI=1S/C4H10NO2P/c1-2-5-8-6-3-4-7-8/h5H,2-4H2,1H3. The molecule has 3 nitrogen and oxygen atoms in total. The number of nitrogens with one attached hydrogen (secondary N) is 1. The van der Waals surface area contributed by atoms with Crippen molar-refractivity contribution in [3.8, 4) is 0 Å². The summed E-state index contributed by atoms with van der Waals surface area (Å²) in [6, 6.07) is 0. The molecule has 0 aromatic rings. The van der Waals surface area contributed by atoms with E-state index in [1.807, 2.05) is 6.92 Å². The van der Waals surface area contributed by atoms with Crippen LogP contribution in [-0.4, -0.2) is 19.8 Å². The molecule has 0 spiro atoms. The molecular formula is C4H10NO2P. The highest BCUT2D eigenvalue weighted by atomic mass is 31.2. The Balaban J connectivity index is 2.06. The van der Waals surface area contributed by atoms with Crippen molar-refractivity contribution < 1.29 is 9.05 Å². The highest BCUT2D eigenvalue weighted by Gasteiger charge is 2.14. The Morgan fingerprint density at radius 1 is 1.50 bits per heavy atom. The lowest BCUT2D eigenvalue weighted by Gasteiger charge is -2.04. The molecule has 4 heteroatoms. The molecule has 8 heavy (non-hydrogen) atoms. The predicted molar refractivity (Wildman–Crippen MR) is 32.5 cm³/mol. The fourth-order valence-electron chi connectivity index (χ4n) is 0.498. The minimum atomic E-state index is -0.695. The van der Waals surface area contributed by atoms with Crippen molar-refractivity contribution in [3.05, 3.63) is 0 Å². The van der Waals surface area contributed by atoms with Gasteiger partial charge in [-0.25, -0.2) is 0 Å². The van der Waals surface area contributed by atoms with Crippen LogP contribution in [-0.2, 0) is 9.05 Å². The van der Waals surface area contributed by atoms with Gasteiger partial charge < -0.3 is 9.05 Å². The second-order valence-corrected chi connectivity index (χ2v) is 2.78. The SMILES string of the molecule is CCNP1OCCO1. The van der Waals surface area contributed by atoms with Gasteiger partial charge in [0.05, 0.1) is 13.2 Å². The molecule has 1 fully saturated rings. The lowest BCUT2D eigenvalue weighted by Crippen LogP contribution is -2.04. The van der Waals surface area contributed by atoms with E-state index in [0.29, 0.717) is 0 Å². The maximum absolute atomic E-state index is 5.12.